The van der Waals surface area contributed by atoms with Crippen LogP contribution >= 0.6 is 0 Å². The van der Waals surface area contributed by atoms with E-state index in [-0.39, 0.29) is 18.0 Å². The lowest BCUT2D eigenvalue weighted by atomic mass is 9.77. The van der Waals surface area contributed by atoms with E-state index < -0.39 is 10.8 Å². The molecule has 18 heavy (non-hydrogen) atoms. The second-order valence-corrected chi connectivity index (χ2v) is 5.68. The number of rotatable bonds is 2. The number of ketones is 1. The third kappa shape index (κ3) is 1.92. The highest BCUT2D eigenvalue weighted by molar-refractivity contribution is 5.94. The van der Waals surface area contributed by atoms with Crippen LogP contribution in [0.5, 0.6) is 0 Å². The van der Waals surface area contributed by atoms with Crippen LogP contribution in [0.1, 0.15) is 32.3 Å². The first-order chi connectivity index (χ1) is 8.41. The van der Waals surface area contributed by atoms with Crippen LogP contribution < -0.4 is 0 Å². The number of hydrogen-bond acceptors (Lipinski definition) is 2. The average molecular weight is 245 g/mol. The van der Waals surface area contributed by atoms with Gasteiger partial charge >= 0.3 is 0 Å². The Bertz CT molecular complexity index is 530. The minimum atomic E-state index is -1.05. The first-order valence-electron chi connectivity index (χ1n) is 6.11. The molecule has 2 rings (SSSR count). The fraction of sp³-hybridized carbons (Fsp3) is 0.467. The number of carbonyl (C=O) groups is 1. The van der Waals surface area contributed by atoms with Crippen molar-refractivity contribution in [3.8, 4) is 6.07 Å². The average Bonchev–Trinajstić information content (AvgIpc) is 2.57. The number of benzene rings is 1. The molecule has 3 heteroatoms. The van der Waals surface area contributed by atoms with E-state index in [1.54, 1.807) is 18.2 Å². The molecule has 0 amide bonds. The molecule has 0 saturated heterocycles. The molecule has 1 aliphatic carbocycles. The molecule has 0 spiro atoms. The van der Waals surface area contributed by atoms with Crippen LogP contribution in [0.15, 0.2) is 24.3 Å². The zero-order chi connectivity index (χ0) is 13.4. The van der Waals surface area contributed by atoms with Crippen molar-refractivity contribution < 1.29 is 9.18 Å². The summed E-state index contributed by atoms with van der Waals surface area (Å²) in [6.45, 7) is 3.71. The van der Waals surface area contributed by atoms with Crippen LogP contribution in [0, 0.1) is 28.0 Å². The predicted octanol–water partition coefficient (Wildman–Crippen LogP) is 3.27. The quantitative estimate of drug-likeness (QED) is 0.802. The number of hydrogen-bond donors (Lipinski definition) is 0. The number of Topliss-reactive ketones (excluding diaryl/α,β-unsaturated/α-hetero) is 1. The van der Waals surface area contributed by atoms with Crippen molar-refractivity contribution in [2.75, 3.05) is 0 Å². The largest absolute Gasteiger partial charge is 0.297 e. The van der Waals surface area contributed by atoms with E-state index in [2.05, 4.69) is 6.07 Å². The summed E-state index contributed by atoms with van der Waals surface area (Å²) in [5, 5.41) is 9.38. The molecule has 0 aromatic heterocycles. The molecule has 1 fully saturated rings. The Balaban J connectivity index is 2.35. The molecule has 1 atom stereocenters. The van der Waals surface area contributed by atoms with Gasteiger partial charge < -0.3 is 0 Å². The monoisotopic (exact) mass is 245 g/mol. The van der Waals surface area contributed by atoms with Crippen molar-refractivity contribution in [1.29, 1.82) is 5.26 Å². The lowest BCUT2D eigenvalue weighted by Crippen LogP contribution is -2.33. The van der Waals surface area contributed by atoms with E-state index in [4.69, 9.17) is 0 Å². The summed E-state index contributed by atoms with van der Waals surface area (Å²) in [4.78, 5) is 12.4. The maximum Gasteiger partial charge on any atom is 0.158 e. The van der Waals surface area contributed by atoms with E-state index in [9.17, 15) is 14.4 Å². The second kappa shape index (κ2) is 4.20. The van der Waals surface area contributed by atoms with Crippen molar-refractivity contribution in [3.63, 3.8) is 0 Å². The smallest absolute Gasteiger partial charge is 0.158 e. The normalized spacial score (nSPS) is 26.0. The van der Waals surface area contributed by atoms with E-state index in [0.29, 0.717) is 18.4 Å². The van der Waals surface area contributed by atoms with Gasteiger partial charge in [-0.3, -0.25) is 4.79 Å². The highest BCUT2D eigenvalue weighted by Crippen LogP contribution is 2.47. The minimum absolute atomic E-state index is 0.0549. The van der Waals surface area contributed by atoms with Crippen molar-refractivity contribution in [3.05, 3.63) is 35.6 Å². The number of halogens is 1. The molecule has 1 aliphatic rings. The van der Waals surface area contributed by atoms with Crippen LogP contribution in [0.2, 0.25) is 0 Å². The summed E-state index contributed by atoms with van der Waals surface area (Å²) in [5.74, 6) is -0.398. The van der Waals surface area contributed by atoms with Gasteiger partial charge in [0.05, 0.1) is 6.07 Å². The third-order valence-corrected chi connectivity index (χ3v) is 3.89. The second-order valence-electron chi connectivity index (χ2n) is 5.68. The Kier molecular flexibility index (Phi) is 2.98. The lowest BCUT2D eigenvalue weighted by Gasteiger charge is -2.22. The maximum absolute atomic E-state index is 13.6. The molecule has 0 N–H and O–H groups in total. The van der Waals surface area contributed by atoms with E-state index >= 15 is 0 Å². The highest BCUT2D eigenvalue weighted by atomic mass is 19.1. The Morgan fingerprint density at radius 2 is 2.00 bits per heavy atom. The summed E-state index contributed by atoms with van der Waals surface area (Å²) in [5.41, 5.74) is -1.07. The number of nitriles is 1. The molecular weight excluding hydrogens is 229 g/mol. The molecular formula is C15H16FNO. The predicted molar refractivity (Wildman–Crippen MR) is 66.2 cm³/mol. The Morgan fingerprint density at radius 3 is 2.50 bits per heavy atom. The van der Waals surface area contributed by atoms with E-state index in [1.807, 2.05) is 13.8 Å². The van der Waals surface area contributed by atoms with Gasteiger partial charge in [0.1, 0.15) is 11.2 Å². The summed E-state index contributed by atoms with van der Waals surface area (Å²) >= 11 is 0. The summed E-state index contributed by atoms with van der Waals surface area (Å²) in [6, 6.07) is 8.49. The molecule has 1 saturated carbocycles. The van der Waals surface area contributed by atoms with Crippen molar-refractivity contribution >= 4 is 5.78 Å². The van der Waals surface area contributed by atoms with Crippen molar-refractivity contribution in [2.45, 2.75) is 33.1 Å². The van der Waals surface area contributed by atoms with Crippen molar-refractivity contribution in [1.82, 2.24) is 0 Å². The van der Waals surface area contributed by atoms with Crippen LogP contribution in [0.4, 0.5) is 4.39 Å². The standard InChI is InChI=1S/C15H16FNO/c1-14(2)7-8-15(10-17,13(14)18)9-11-5-3-4-6-12(11)16/h3-6H,7-9H2,1-2H3. The van der Waals surface area contributed by atoms with Gasteiger partial charge in [-0.2, -0.15) is 5.26 Å². The van der Waals surface area contributed by atoms with E-state index in [1.165, 1.54) is 6.07 Å². The Morgan fingerprint density at radius 1 is 1.33 bits per heavy atom. The van der Waals surface area contributed by atoms with Crippen LogP contribution in [-0.4, -0.2) is 5.78 Å². The van der Waals surface area contributed by atoms with Crippen molar-refractivity contribution in [2.24, 2.45) is 10.8 Å². The molecule has 0 heterocycles. The molecule has 1 unspecified atom stereocenters. The first-order valence-corrected chi connectivity index (χ1v) is 6.11. The van der Waals surface area contributed by atoms with Gasteiger partial charge in [-0.05, 0) is 24.5 Å². The van der Waals surface area contributed by atoms with Gasteiger partial charge in [0, 0.05) is 11.8 Å². The van der Waals surface area contributed by atoms with Gasteiger partial charge in [0.25, 0.3) is 0 Å². The molecule has 94 valence electrons. The first kappa shape index (κ1) is 12.8. The summed E-state index contributed by atoms with van der Waals surface area (Å²) in [7, 11) is 0. The van der Waals surface area contributed by atoms with Gasteiger partial charge in [0.15, 0.2) is 5.78 Å². The van der Waals surface area contributed by atoms with Crippen LogP contribution in [-0.2, 0) is 11.2 Å². The summed E-state index contributed by atoms with van der Waals surface area (Å²) < 4.78 is 13.6. The molecule has 0 bridgehead atoms. The lowest BCUT2D eigenvalue weighted by molar-refractivity contribution is -0.130. The molecule has 1 aromatic carbocycles. The molecule has 2 nitrogen and oxygen atoms in total. The number of carbonyl (C=O) groups excluding carboxylic acids is 1. The maximum atomic E-state index is 13.6. The van der Waals surface area contributed by atoms with Gasteiger partial charge in [0.2, 0.25) is 0 Å². The molecule has 0 radical (unpaired) electrons. The van der Waals surface area contributed by atoms with Gasteiger partial charge in [-0.15, -0.1) is 0 Å². The zero-order valence-electron chi connectivity index (χ0n) is 10.7. The summed E-state index contributed by atoms with van der Waals surface area (Å²) in [6.07, 6.45) is 1.38. The molecule has 0 aliphatic heterocycles. The highest BCUT2D eigenvalue weighted by Gasteiger charge is 2.52. The zero-order valence-corrected chi connectivity index (χ0v) is 10.7. The van der Waals surface area contributed by atoms with E-state index in [0.717, 1.165) is 0 Å². The molecule has 1 aromatic rings. The topological polar surface area (TPSA) is 40.9 Å². The number of nitrogens with zero attached hydrogens (tertiary/aromatic N) is 1. The third-order valence-electron chi connectivity index (χ3n) is 3.89. The van der Waals surface area contributed by atoms with Gasteiger partial charge in [-0.25, -0.2) is 4.39 Å². The SMILES string of the molecule is CC1(C)CCC(C#N)(Cc2ccccc2F)C1=O. The fourth-order valence-corrected chi connectivity index (χ4v) is 2.68. The van der Waals surface area contributed by atoms with Gasteiger partial charge in [-0.1, -0.05) is 32.0 Å². The fourth-order valence-electron chi connectivity index (χ4n) is 2.68. The van der Waals surface area contributed by atoms with Crippen LogP contribution in [0.25, 0.3) is 0 Å². The Labute approximate surface area is 106 Å². The van der Waals surface area contributed by atoms with Crippen LogP contribution in [0.3, 0.4) is 0 Å². The minimum Gasteiger partial charge on any atom is -0.297 e. The Hall–Kier alpha value is -1.69.